The molecule has 0 saturated heterocycles. The summed E-state index contributed by atoms with van der Waals surface area (Å²) >= 11 is 4.57. The molecule has 0 unspecified atom stereocenters. The van der Waals surface area contributed by atoms with Crippen molar-refractivity contribution in [1.82, 2.24) is 10.9 Å². The third kappa shape index (κ3) is 4.38. The van der Waals surface area contributed by atoms with Gasteiger partial charge in [-0.3, -0.25) is 20.4 Å². The first-order valence-corrected chi connectivity index (χ1v) is 7.65. The van der Waals surface area contributed by atoms with E-state index in [0.29, 0.717) is 17.0 Å². The highest BCUT2D eigenvalue weighted by Gasteiger charge is 2.10. The second kappa shape index (κ2) is 7.35. The van der Waals surface area contributed by atoms with Crippen molar-refractivity contribution in [3.8, 4) is 0 Å². The van der Waals surface area contributed by atoms with E-state index in [-0.39, 0.29) is 11.8 Å². The lowest BCUT2D eigenvalue weighted by molar-refractivity contribution is 0.0849. The van der Waals surface area contributed by atoms with Gasteiger partial charge in [-0.25, -0.2) is 0 Å². The largest absolute Gasteiger partial charge is 0.380 e. The number of thiophene rings is 1. The molecule has 2 rings (SSSR count). The molecule has 1 aromatic carbocycles. The van der Waals surface area contributed by atoms with E-state index in [2.05, 4.69) is 26.8 Å². The number of nitrogens with one attached hydrogen (secondary N) is 2. The Hall–Kier alpha value is -1.70. The normalized spacial score (nSPS) is 10.2. The smallest absolute Gasteiger partial charge is 0.279 e. The molecule has 0 radical (unpaired) electrons. The van der Waals surface area contributed by atoms with Gasteiger partial charge in [-0.05, 0) is 45.8 Å². The molecule has 0 spiro atoms. The minimum atomic E-state index is -0.372. The number of amides is 2. The van der Waals surface area contributed by atoms with Crippen LogP contribution < -0.4 is 10.9 Å². The topological polar surface area (TPSA) is 67.4 Å². The fourth-order valence-electron chi connectivity index (χ4n) is 1.60. The van der Waals surface area contributed by atoms with Crippen LogP contribution >= 0.6 is 27.3 Å². The van der Waals surface area contributed by atoms with Crippen LogP contribution in [0.15, 0.2) is 40.2 Å². The van der Waals surface area contributed by atoms with Gasteiger partial charge in [0.2, 0.25) is 0 Å². The quantitative estimate of drug-likeness (QED) is 0.815. The molecule has 1 heterocycles. The average molecular weight is 369 g/mol. The number of benzene rings is 1. The summed E-state index contributed by atoms with van der Waals surface area (Å²) in [6, 6.07) is 10.4. The van der Waals surface area contributed by atoms with E-state index in [4.69, 9.17) is 4.74 Å². The molecule has 2 aromatic rings. The van der Waals surface area contributed by atoms with Gasteiger partial charge in [0.15, 0.2) is 0 Å². The molecule has 0 bridgehead atoms. The first-order valence-electron chi connectivity index (χ1n) is 6.04. The third-order valence-corrected chi connectivity index (χ3v) is 4.24. The Morgan fingerprint density at radius 1 is 1.10 bits per heavy atom. The molecule has 0 saturated carbocycles. The van der Waals surface area contributed by atoms with E-state index < -0.39 is 0 Å². The fourth-order valence-corrected chi connectivity index (χ4v) is 2.88. The SMILES string of the molecule is COCc1ccc(C(=O)NNC(=O)c2ccc(Br)s2)cc1. The highest BCUT2D eigenvalue weighted by Crippen LogP contribution is 2.21. The number of hydrazine groups is 1. The van der Waals surface area contributed by atoms with Crippen LogP contribution in [0.3, 0.4) is 0 Å². The summed E-state index contributed by atoms with van der Waals surface area (Å²) in [5.74, 6) is -0.724. The van der Waals surface area contributed by atoms with Crippen molar-refractivity contribution < 1.29 is 14.3 Å². The number of ether oxygens (including phenoxy) is 1. The average Bonchev–Trinajstić information content (AvgIpc) is 2.92. The fraction of sp³-hybridized carbons (Fsp3) is 0.143. The molecule has 7 heteroatoms. The van der Waals surface area contributed by atoms with Gasteiger partial charge in [-0.2, -0.15) is 0 Å². The molecule has 21 heavy (non-hydrogen) atoms. The highest BCUT2D eigenvalue weighted by atomic mass is 79.9. The number of hydrogen-bond acceptors (Lipinski definition) is 4. The molecule has 0 atom stereocenters. The van der Waals surface area contributed by atoms with Crippen molar-refractivity contribution in [1.29, 1.82) is 0 Å². The maximum absolute atomic E-state index is 11.9. The Labute approximate surface area is 134 Å². The van der Waals surface area contributed by atoms with E-state index in [1.165, 1.54) is 11.3 Å². The molecule has 110 valence electrons. The molecule has 1 aromatic heterocycles. The van der Waals surface area contributed by atoms with Crippen molar-refractivity contribution in [2.45, 2.75) is 6.61 Å². The molecule has 2 N–H and O–H groups in total. The summed E-state index contributed by atoms with van der Waals surface area (Å²) in [7, 11) is 1.61. The number of rotatable bonds is 4. The Bertz CT molecular complexity index is 640. The lowest BCUT2D eigenvalue weighted by atomic mass is 10.1. The van der Waals surface area contributed by atoms with Crippen LogP contribution in [0.25, 0.3) is 0 Å². The molecular weight excluding hydrogens is 356 g/mol. The van der Waals surface area contributed by atoms with Gasteiger partial charge in [0.05, 0.1) is 15.3 Å². The summed E-state index contributed by atoms with van der Waals surface area (Å²) in [5.41, 5.74) is 6.19. The van der Waals surface area contributed by atoms with E-state index in [9.17, 15) is 9.59 Å². The summed E-state index contributed by atoms with van der Waals surface area (Å²) in [6.45, 7) is 0.492. The first kappa shape index (κ1) is 15.7. The summed E-state index contributed by atoms with van der Waals surface area (Å²) in [5, 5.41) is 0. The first-order chi connectivity index (χ1) is 10.1. The third-order valence-electron chi connectivity index (χ3n) is 2.61. The molecular formula is C14H13BrN2O3S. The van der Waals surface area contributed by atoms with Crippen molar-refractivity contribution >= 4 is 39.1 Å². The molecule has 0 aliphatic rings. The number of halogens is 1. The van der Waals surface area contributed by atoms with Gasteiger partial charge in [0.1, 0.15) is 0 Å². The second-order valence-corrected chi connectivity index (χ2v) is 6.60. The highest BCUT2D eigenvalue weighted by molar-refractivity contribution is 9.11. The number of carbonyl (C=O) groups is 2. The maximum atomic E-state index is 11.9. The van der Waals surface area contributed by atoms with Crippen molar-refractivity contribution in [3.05, 3.63) is 56.2 Å². The van der Waals surface area contributed by atoms with Gasteiger partial charge < -0.3 is 4.74 Å². The van der Waals surface area contributed by atoms with E-state index in [1.54, 1.807) is 43.5 Å². The van der Waals surface area contributed by atoms with Crippen LogP contribution in [0.4, 0.5) is 0 Å². The van der Waals surface area contributed by atoms with Crippen molar-refractivity contribution in [2.24, 2.45) is 0 Å². The minimum absolute atomic E-state index is 0.352. The zero-order valence-corrected chi connectivity index (χ0v) is 13.6. The Kier molecular flexibility index (Phi) is 5.49. The van der Waals surface area contributed by atoms with Gasteiger partial charge in [0.25, 0.3) is 11.8 Å². The van der Waals surface area contributed by atoms with Crippen molar-refractivity contribution in [3.63, 3.8) is 0 Å². The van der Waals surface area contributed by atoms with Gasteiger partial charge in [-0.1, -0.05) is 12.1 Å². The van der Waals surface area contributed by atoms with Crippen LogP contribution in [0.1, 0.15) is 25.6 Å². The number of methoxy groups -OCH3 is 1. The van der Waals surface area contributed by atoms with Crippen molar-refractivity contribution in [2.75, 3.05) is 7.11 Å². The van der Waals surface area contributed by atoms with Gasteiger partial charge in [-0.15, -0.1) is 11.3 Å². The van der Waals surface area contributed by atoms with Gasteiger partial charge >= 0.3 is 0 Å². The van der Waals surface area contributed by atoms with E-state index in [1.807, 2.05) is 0 Å². The Balaban J connectivity index is 1.90. The van der Waals surface area contributed by atoms with Crippen LogP contribution in [0.2, 0.25) is 0 Å². The molecule has 5 nitrogen and oxygen atoms in total. The summed E-state index contributed by atoms with van der Waals surface area (Å²) in [4.78, 5) is 24.2. The van der Waals surface area contributed by atoms with Crippen LogP contribution in [0.5, 0.6) is 0 Å². The van der Waals surface area contributed by atoms with E-state index in [0.717, 1.165) is 9.35 Å². The number of hydrogen-bond donors (Lipinski definition) is 2. The lowest BCUT2D eigenvalue weighted by Crippen LogP contribution is -2.41. The monoisotopic (exact) mass is 368 g/mol. The predicted molar refractivity (Wildman–Crippen MR) is 84.1 cm³/mol. The summed E-state index contributed by atoms with van der Waals surface area (Å²) < 4.78 is 5.85. The van der Waals surface area contributed by atoms with Crippen LogP contribution in [-0.4, -0.2) is 18.9 Å². The zero-order valence-electron chi connectivity index (χ0n) is 11.2. The lowest BCUT2D eigenvalue weighted by Gasteiger charge is -2.07. The summed E-state index contributed by atoms with van der Waals surface area (Å²) in [6.07, 6.45) is 0. The Morgan fingerprint density at radius 3 is 2.33 bits per heavy atom. The second-order valence-electron chi connectivity index (χ2n) is 4.14. The minimum Gasteiger partial charge on any atom is -0.380 e. The molecule has 2 amide bonds. The zero-order chi connectivity index (χ0) is 15.2. The van der Waals surface area contributed by atoms with Crippen LogP contribution in [0, 0.1) is 0 Å². The Morgan fingerprint density at radius 2 is 1.76 bits per heavy atom. The van der Waals surface area contributed by atoms with E-state index >= 15 is 0 Å². The molecule has 0 aliphatic heterocycles. The van der Waals surface area contributed by atoms with Crippen LogP contribution in [-0.2, 0) is 11.3 Å². The predicted octanol–water partition coefficient (Wildman–Crippen LogP) is 2.73. The molecule has 0 aliphatic carbocycles. The number of carbonyl (C=O) groups excluding carboxylic acids is 2. The maximum Gasteiger partial charge on any atom is 0.279 e. The molecule has 0 fully saturated rings. The van der Waals surface area contributed by atoms with Gasteiger partial charge in [0, 0.05) is 12.7 Å². The standard InChI is InChI=1S/C14H13BrN2O3S/c1-20-8-9-2-4-10(5-3-9)13(18)16-17-14(19)11-6-7-12(15)21-11/h2-7H,8H2,1H3,(H,16,18)(H,17,19).